The lowest BCUT2D eigenvalue weighted by Gasteiger charge is -2.22. The van der Waals surface area contributed by atoms with E-state index in [0.29, 0.717) is 6.61 Å². The Bertz CT molecular complexity index is 294. The van der Waals surface area contributed by atoms with Gasteiger partial charge in [-0.3, -0.25) is 0 Å². The van der Waals surface area contributed by atoms with E-state index in [0.717, 1.165) is 6.42 Å². The third-order valence-electron chi connectivity index (χ3n) is 2.76. The van der Waals surface area contributed by atoms with Crippen molar-refractivity contribution in [2.75, 3.05) is 6.61 Å². The van der Waals surface area contributed by atoms with Crippen LogP contribution in [-0.2, 0) is 0 Å². The highest BCUT2D eigenvalue weighted by atomic mass is 28.3. The average Bonchev–Trinajstić information content (AvgIpc) is 2.15. The number of benzene rings is 1. The molecule has 0 saturated carbocycles. The molecule has 0 aliphatic rings. The molecular formula is C12H20OSi. The highest BCUT2D eigenvalue weighted by Crippen LogP contribution is 2.12. The van der Waals surface area contributed by atoms with Gasteiger partial charge in [0.15, 0.2) is 0 Å². The molecule has 1 N–H and O–H groups in total. The molecule has 0 saturated heterocycles. The van der Waals surface area contributed by atoms with E-state index in [4.69, 9.17) is 5.11 Å². The van der Waals surface area contributed by atoms with E-state index in [1.54, 1.807) is 0 Å². The maximum absolute atomic E-state index is 8.85. The SMILES string of the molecule is Cc1cccc([Si](C)(C)CCCO)c1. The van der Waals surface area contributed by atoms with E-state index in [-0.39, 0.29) is 0 Å². The van der Waals surface area contributed by atoms with E-state index in [9.17, 15) is 0 Å². The Morgan fingerprint density at radius 3 is 2.57 bits per heavy atom. The van der Waals surface area contributed by atoms with Gasteiger partial charge in [-0.1, -0.05) is 54.2 Å². The smallest absolute Gasteiger partial charge is 0.0807 e. The van der Waals surface area contributed by atoms with Crippen molar-refractivity contribution in [2.24, 2.45) is 0 Å². The molecule has 0 atom stereocenters. The molecule has 1 aromatic rings. The van der Waals surface area contributed by atoms with Crippen LogP contribution in [-0.4, -0.2) is 19.8 Å². The summed E-state index contributed by atoms with van der Waals surface area (Å²) in [4.78, 5) is 0. The Balaban J connectivity index is 2.80. The number of hydrogen-bond acceptors (Lipinski definition) is 1. The van der Waals surface area contributed by atoms with Gasteiger partial charge in [0.25, 0.3) is 0 Å². The Labute approximate surface area is 87.8 Å². The van der Waals surface area contributed by atoms with Gasteiger partial charge in [0.05, 0.1) is 8.07 Å². The maximum Gasteiger partial charge on any atom is 0.0807 e. The highest BCUT2D eigenvalue weighted by molar-refractivity contribution is 6.89. The lowest BCUT2D eigenvalue weighted by atomic mass is 10.2. The highest BCUT2D eigenvalue weighted by Gasteiger charge is 2.22. The van der Waals surface area contributed by atoms with Gasteiger partial charge in [0.2, 0.25) is 0 Å². The Kier molecular flexibility index (Phi) is 3.90. The van der Waals surface area contributed by atoms with Gasteiger partial charge in [-0.25, -0.2) is 0 Å². The summed E-state index contributed by atoms with van der Waals surface area (Å²) in [5.41, 5.74) is 1.34. The summed E-state index contributed by atoms with van der Waals surface area (Å²) in [6.45, 7) is 7.21. The minimum atomic E-state index is -1.29. The number of aliphatic hydroxyl groups is 1. The molecule has 0 aliphatic heterocycles. The number of hydrogen-bond donors (Lipinski definition) is 1. The second kappa shape index (κ2) is 4.76. The van der Waals surface area contributed by atoms with Crippen molar-refractivity contribution in [2.45, 2.75) is 32.5 Å². The fraction of sp³-hybridized carbons (Fsp3) is 0.500. The van der Waals surface area contributed by atoms with E-state index in [1.807, 2.05) is 0 Å². The first kappa shape index (κ1) is 11.5. The summed E-state index contributed by atoms with van der Waals surface area (Å²) in [6, 6.07) is 9.98. The van der Waals surface area contributed by atoms with Crippen molar-refractivity contribution in [3.05, 3.63) is 29.8 Å². The Morgan fingerprint density at radius 1 is 1.29 bits per heavy atom. The standard InChI is InChI=1S/C12H20OSi/c1-11-6-4-7-12(10-11)14(2,3)9-5-8-13/h4,6-7,10,13H,5,8-9H2,1-3H3. The zero-order valence-electron chi connectivity index (χ0n) is 9.38. The molecule has 1 aromatic carbocycles. The van der Waals surface area contributed by atoms with Crippen LogP contribution in [0.25, 0.3) is 0 Å². The Hall–Kier alpha value is -0.603. The van der Waals surface area contributed by atoms with Crippen LogP contribution in [0.1, 0.15) is 12.0 Å². The molecule has 0 aromatic heterocycles. The summed E-state index contributed by atoms with van der Waals surface area (Å²) < 4.78 is 0. The average molecular weight is 208 g/mol. The molecule has 0 unspecified atom stereocenters. The fourth-order valence-electron chi connectivity index (χ4n) is 1.73. The van der Waals surface area contributed by atoms with Crippen LogP contribution in [0.4, 0.5) is 0 Å². The molecule has 0 spiro atoms. The van der Waals surface area contributed by atoms with Gasteiger partial charge in [-0.15, -0.1) is 0 Å². The number of rotatable bonds is 4. The predicted molar refractivity (Wildman–Crippen MR) is 64.8 cm³/mol. The molecule has 0 bridgehead atoms. The van der Waals surface area contributed by atoms with Crippen molar-refractivity contribution >= 4 is 13.3 Å². The van der Waals surface area contributed by atoms with E-state index in [1.165, 1.54) is 16.8 Å². The van der Waals surface area contributed by atoms with E-state index >= 15 is 0 Å². The van der Waals surface area contributed by atoms with Crippen LogP contribution in [0.3, 0.4) is 0 Å². The second-order valence-electron chi connectivity index (χ2n) is 4.58. The molecule has 0 heterocycles. The van der Waals surface area contributed by atoms with Gasteiger partial charge in [-0.2, -0.15) is 0 Å². The van der Waals surface area contributed by atoms with Gasteiger partial charge in [-0.05, 0) is 13.3 Å². The maximum atomic E-state index is 8.85. The van der Waals surface area contributed by atoms with Crippen molar-refractivity contribution < 1.29 is 5.11 Å². The zero-order valence-corrected chi connectivity index (χ0v) is 10.4. The Morgan fingerprint density at radius 2 is 2.00 bits per heavy atom. The molecule has 0 radical (unpaired) electrons. The first-order chi connectivity index (χ1) is 6.56. The van der Waals surface area contributed by atoms with Crippen LogP contribution in [0.5, 0.6) is 0 Å². The van der Waals surface area contributed by atoms with E-state index in [2.05, 4.69) is 44.3 Å². The summed E-state index contributed by atoms with van der Waals surface area (Å²) in [5, 5.41) is 10.4. The lowest BCUT2D eigenvalue weighted by molar-refractivity contribution is 0.294. The molecule has 0 amide bonds. The first-order valence-corrected chi connectivity index (χ1v) is 8.45. The van der Waals surface area contributed by atoms with Gasteiger partial charge in [0.1, 0.15) is 0 Å². The normalized spacial score (nSPS) is 11.7. The quantitative estimate of drug-likeness (QED) is 0.753. The molecular weight excluding hydrogens is 188 g/mol. The van der Waals surface area contributed by atoms with Crippen LogP contribution in [0.15, 0.2) is 24.3 Å². The predicted octanol–water partition coefficient (Wildman–Crippen LogP) is 2.29. The van der Waals surface area contributed by atoms with Crippen molar-refractivity contribution in [3.63, 3.8) is 0 Å². The molecule has 1 rings (SSSR count). The topological polar surface area (TPSA) is 20.2 Å². The summed E-state index contributed by atoms with van der Waals surface area (Å²) in [5.74, 6) is 0. The number of aryl methyl sites for hydroxylation is 1. The van der Waals surface area contributed by atoms with Gasteiger partial charge in [0, 0.05) is 6.61 Å². The van der Waals surface area contributed by atoms with Gasteiger partial charge < -0.3 is 5.11 Å². The summed E-state index contributed by atoms with van der Waals surface area (Å²) in [6.07, 6.45) is 0.938. The summed E-state index contributed by atoms with van der Waals surface area (Å²) in [7, 11) is -1.29. The second-order valence-corrected chi connectivity index (χ2v) is 9.43. The minimum absolute atomic E-state index is 0.322. The van der Waals surface area contributed by atoms with Crippen LogP contribution in [0, 0.1) is 6.92 Å². The van der Waals surface area contributed by atoms with E-state index < -0.39 is 8.07 Å². The van der Waals surface area contributed by atoms with Crippen molar-refractivity contribution in [1.29, 1.82) is 0 Å². The third-order valence-corrected chi connectivity index (χ3v) is 6.24. The van der Waals surface area contributed by atoms with Crippen molar-refractivity contribution in [3.8, 4) is 0 Å². The molecule has 14 heavy (non-hydrogen) atoms. The number of aliphatic hydroxyl groups excluding tert-OH is 1. The third kappa shape index (κ3) is 2.96. The molecule has 0 aliphatic carbocycles. The monoisotopic (exact) mass is 208 g/mol. The van der Waals surface area contributed by atoms with Crippen molar-refractivity contribution in [1.82, 2.24) is 0 Å². The fourth-order valence-corrected chi connectivity index (χ4v) is 4.23. The van der Waals surface area contributed by atoms with Gasteiger partial charge >= 0.3 is 0 Å². The molecule has 2 heteroatoms. The zero-order chi connectivity index (χ0) is 10.6. The minimum Gasteiger partial charge on any atom is -0.396 e. The molecule has 78 valence electrons. The largest absolute Gasteiger partial charge is 0.396 e. The molecule has 0 fully saturated rings. The summed E-state index contributed by atoms with van der Waals surface area (Å²) >= 11 is 0. The first-order valence-electron chi connectivity index (χ1n) is 5.24. The lowest BCUT2D eigenvalue weighted by Crippen LogP contribution is -2.41. The van der Waals surface area contributed by atoms with Crippen LogP contribution >= 0.6 is 0 Å². The van der Waals surface area contributed by atoms with Crippen LogP contribution < -0.4 is 5.19 Å². The van der Waals surface area contributed by atoms with Crippen LogP contribution in [0.2, 0.25) is 19.1 Å². The molecule has 1 nitrogen and oxygen atoms in total.